The lowest BCUT2D eigenvalue weighted by Gasteiger charge is -2.13. The maximum Gasteiger partial charge on any atom is 0.272 e. The zero-order chi connectivity index (χ0) is 19.8. The van der Waals surface area contributed by atoms with E-state index in [0.29, 0.717) is 35.8 Å². The van der Waals surface area contributed by atoms with Crippen molar-refractivity contribution in [3.05, 3.63) is 39.8 Å². The number of carbonyl (C=O) groups excluding carboxylic acids is 2. The number of nitrogens with one attached hydrogen (secondary N) is 1. The van der Waals surface area contributed by atoms with E-state index >= 15 is 0 Å². The zero-order valence-electron chi connectivity index (χ0n) is 16.5. The Hall–Kier alpha value is -2.90. The van der Waals surface area contributed by atoms with Crippen molar-refractivity contribution in [2.24, 2.45) is 7.05 Å². The van der Waals surface area contributed by atoms with Crippen molar-refractivity contribution in [2.45, 2.75) is 45.7 Å². The Bertz CT molecular complexity index is 950. The highest BCUT2D eigenvalue weighted by molar-refractivity contribution is 5.98. The van der Waals surface area contributed by atoms with Crippen LogP contribution in [0.2, 0.25) is 0 Å². The van der Waals surface area contributed by atoms with Gasteiger partial charge in [-0.1, -0.05) is 0 Å². The maximum absolute atomic E-state index is 12.8. The lowest BCUT2D eigenvalue weighted by Crippen LogP contribution is -2.25. The summed E-state index contributed by atoms with van der Waals surface area (Å²) in [6.07, 6.45) is 4.06. The van der Waals surface area contributed by atoms with Gasteiger partial charge in [0.1, 0.15) is 0 Å². The number of fused-ring (bicyclic) bond motifs is 2. The topological polar surface area (TPSA) is 89.3 Å². The Morgan fingerprint density at radius 3 is 2.86 bits per heavy atom. The van der Waals surface area contributed by atoms with Gasteiger partial charge in [0.2, 0.25) is 5.88 Å². The van der Waals surface area contributed by atoms with Crippen LogP contribution in [-0.2, 0) is 33.0 Å². The normalized spacial score (nSPS) is 15.4. The van der Waals surface area contributed by atoms with E-state index in [-0.39, 0.29) is 18.4 Å². The first-order valence-corrected chi connectivity index (χ1v) is 9.72. The molecule has 28 heavy (non-hydrogen) atoms. The van der Waals surface area contributed by atoms with Crippen LogP contribution in [0.4, 0.5) is 0 Å². The molecule has 2 amide bonds. The van der Waals surface area contributed by atoms with Crippen molar-refractivity contribution in [1.29, 1.82) is 0 Å². The van der Waals surface area contributed by atoms with Crippen molar-refractivity contribution in [1.82, 2.24) is 25.0 Å². The number of hydrogen-bond donors (Lipinski definition) is 1. The molecule has 0 saturated carbocycles. The van der Waals surface area contributed by atoms with Crippen LogP contribution < -0.4 is 10.1 Å². The van der Waals surface area contributed by atoms with E-state index in [2.05, 4.69) is 15.4 Å². The molecule has 4 rings (SSSR count). The van der Waals surface area contributed by atoms with E-state index in [0.717, 1.165) is 42.6 Å². The number of rotatable bonds is 5. The van der Waals surface area contributed by atoms with Gasteiger partial charge < -0.3 is 15.0 Å². The summed E-state index contributed by atoms with van der Waals surface area (Å²) in [6.45, 7) is 3.30. The predicted octanol–water partition coefficient (Wildman–Crippen LogP) is 1.61. The van der Waals surface area contributed by atoms with Crippen LogP contribution in [-0.4, -0.2) is 45.1 Å². The van der Waals surface area contributed by atoms with Crippen LogP contribution >= 0.6 is 0 Å². The molecule has 8 heteroatoms. The van der Waals surface area contributed by atoms with Crippen LogP contribution in [0.3, 0.4) is 0 Å². The highest BCUT2D eigenvalue weighted by Crippen LogP contribution is 2.27. The van der Waals surface area contributed by atoms with Gasteiger partial charge in [0.25, 0.3) is 11.8 Å². The third-order valence-electron chi connectivity index (χ3n) is 5.59. The number of carbonyl (C=O) groups is 2. The summed E-state index contributed by atoms with van der Waals surface area (Å²) in [5.41, 5.74) is 4.70. The maximum atomic E-state index is 12.8. The van der Waals surface area contributed by atoms with Crippen LogP contribution in [0.15, 0.2) is 6.07 Å². The summed E-state index contributed by atoms with van der Waals surface area (Å²) in [5.74, 6) is 0.203. The standard InChI is InChI=1S/C20H25N5O3/c1-4-25-11-15-14(20(25)27)9-12(19(22-15)28-3)10-21-18(26)17-13-7-5-6-8-16(13)24(2)23-17/h9H,4-8,10-11H2,1-3H3,(H,21,26). The van der Waals surface area contributed by atoms with Crippen molar-refractivity contribution >= 4 is 11.8 Å². The molecule has 0 aromatic carbocycles. The minimum atomic E-state index is -0.206. The molecule has 2 aromatic rings. The molecule has 0 saturated heterocycles. The van der Waals surface area contributed by atoms with Crippen molar-refractivity contribution in [2.75, 3.05) is 13.7 Å². The fourth-order valence-corrected chi connectivity index (χ4v) is 4.08. The van der Waals surface area contributed by atoms with Gasteiger partial charge in [-0.3, -0.25) is 14.3 Å². The minimum Gasteiger partial charge on any atom is -0.481 e. The molecule has 0 fully saturated rings. The second kappa shape index (κ2) is 7.26. The molecule has 0 unspecified atom stereocenters. The third kappa shape index (κ3) is 3.02. The van der Waals surface area contributed by atoms with Crippen LogP contribution in [0.5, 0.6) is 5.88 Å². The fraction of sp³-hybridized carbons (Fsp3) is 0.500. The number of ether oxygens (including phenoxy) is 1. The van der Waals surface area contributed by atoms with Crippen LogP contribution in [0.25, 0.3) is 0 Å². The monoisotopic (exact) mass is 383 g/mol. The molecule has 0 atom stereocenters. The summed E-state index contributed by atoms with van der Waals surface area (Å²) >= 11 is 0. The molecule has 0 bridgehead atoms. The predicted molar refractivity (Wildman–Crippen MR) is 102 cm³/mol. The van der Waals surface area contributed by atoms with E-state index in [4.69, 9.17) is 4.74 Å². The van der Waals surface area contributed by atoms with Crippen molar-refractivity contribution in [3.8, 4) is 5.88 Å². The van der Waals surface area contributed by atoms with Crippen LogP contribution in [0.1, 0.15) is 63.1 Å². The second-order valence-corrected chi connectivity index (χ2v) is 7.26. The Labute approximate surface area is 163 Å². The van der Waals surface area contributed by atoms with E-state index in [9.17, 15) is 9.59 Å². The molecular formula is C20H25N5O3. The first kappa shape index (κ1) is 18.5. The summed E-state index contributed by atoms with van der Waals surface area (Å²) < 4.78 is 7.21. The smallest absolute Gasteiger partial charge is 0.272 e. The Morgan fingerprint density at radius 1 is 1.32 bits per heavy atom. The number of amides is 2. The van der Waals surface area contributed by atoms with Gasteiger partial charge in [0.05, 0.1) is 24.9 Å². The number of aryl methyl sites for hydroxylation is 1. The average molecular weight is 383 g/mol. The SMILES string of the molecule is CCN1Cc2nc(OC)c(CNC(=O)c3nn(C)c4c3CCCC4)cc2C1=O. The van der Waals surface area contributed by atoms with Gasteiger partial charge in [-0.25, -0.2) is 4.98 Å². The quantitative estimate of drug-likeness (QED) is 0.847. The highest BCUT2D eigenvalue weighted by atomic mass is 16.5. The molecule has 2 aromatic heterocycles. The lowest BCUT2D eigenvalue weighted by atomic mass is 9.95. The van der Waals surface area contributed by atoms with Crippen LogP contribution in [0, 0.1) is 0 Å². The number of hydrogen-bond acceptors (Lipinski definition) is 5. The molecule has 1 aliphatic carbocycles. The number of nitrogens with zero attached hydrogens (tertiary/aromatic N) is 4. The molecule has 8 nitrogen and oxygen atoms in total. The number of methoxy groups -OCH3 is 1. The summed E-state index contributed by atoms with van der Waals surface area (Å²) in [7, 11) is 3.43. The Kier molecular flexibility index (Phi) is 4.78. The molecule has 148 valence electrons. The van der Waals surface area contributed by atoms with E-state index in [1.165, 1.54) is 0 Å². The first-order chi connectivity index (χ1) is 13.5. The van der Waals surface area contributed by atoms with E-state index in [1.807, 2.05) is 18.7 Å². The average Bonchev–Trinajstić information content (AvgIpc) is 3.22. The Balaban J connectivity index is 1.55. The Morgan fingerprint density at radius 2 is 2.11 bits per heavy atom. The summed E-state index contributed by atoms with van der Waals surface area (Å²) in [6, 6.07) is 1.79. The highest BCUT2D eigenvalue weighted by Gasteiger charge is 2.30. The molecular weight excluding hydrogens is 358 g/mol. The molecule has 2 aliphatic rings. The molecule has 0 spiro atoms. The minimum absolute atomic E-state index is 0.0287. The molecule has 3 heterocycles. The van der Waals surface area contributed by atoms with Gasteiger partial charge in [-0.15, -0.1) is 0 Å². The second-order valence-electron chi connectivity index (χ2n) is 7.26. The molecule has 1 N–H and O–H groups in total. The fourth-order valence-electron chi connectivity index (χ4n) is 4.08. The van der Waals surface area contributed by atoms with Gasteiger partial charge in [-0.2, -0.15) is 5.10 Å². The summed E-state index contributed by atoms with van der Waals surface area (Å²) in [5, 5.41) is 7.36. The van der Waals surface area contributed by atoms with Gasteiger partial charge in [0, 0.05) is 37.0 Å². The third-order valence-corrected chi connectivity index (χ3v) is 5.59. The van der Waals surface area contributed by atoms with E-state index < -0.39 is 0 Å². The van der Waals surface area contributed by atoms with Gasteiger partial charge >= 0.3 is 0 Å². The van der Waals surface area contributed by atoms with Crippen molar-refractivity contribution < 1.29 is 14.3 Å². The summed E-state index contributed by atoms with van der Waals surface area (Å²) in [4.78, 5) is 31.4. The van der Waals surface area contributed by atoms with Crippen molar-refractivity contribution in [3.63, 3.8) is 0 Å². The van der Waals surface area contributed by atoms with Gasteiger partial charge in [0.15, 0.2) is 5.69 Å². The largest absolute Gasteiger partial charge is 0.481 e. The van der Waals surface area contributed by atoms with Gasteiger partial charge in [-0.05, 0) is 38.7 Å². The molecule has 1 aliphatic heterocycles. The zero-order valence-corrected chi connectivity index (χ0v) is 16.5. The first-order valence-electron chi connectivity index (χ1n) is 9.72. The number of pyridine rings is 1. The lowest BCUT2D eigenvalue weighted by molar-refractivity contribution is 0.0786. The number of aromatic nitrogens is 3. The molecule has 0 radical (unpaired) electrons. The van der Waals surface area contributed by atoms with E-state index in [1.54, 1.807) is 18.1 Å².